The smallest absolute Gasteiger partial charge is 0.242 e. The number of anilines is 1. The standard InChI is InChI=1S/C16H19N3O4S/c1-23-13-6-5-11-8-12(10-17-14(11)9-13)18-16(20)15-4-3-7-19(15)24(2,21)22/h5-6,8-10,15H,3-4,7H2,1-2H3,(H,18,20). The lowest BCUT2D eigenvalue weighted by molar-refractivity contribution is -0.119. The fraction of sp³-hybridized carbons (Fsp3) is 0.375. The molecule has 0 saturated carbocycles. The molecule has 2 heterocycles. The maximum absolute atomic E-state index is 12.4. The molecular formula is C16H19N3O4S. The molecule has 1 saturated heterocycles. The van der Waals surface area contributed by atoms with Gasteiger partial charge in [0.15, 0.2) is 0 Å². The summed E-state index contributed by atoms with van der Waals surface area (Å²) < 4.78 is 29.9. The van der Waals surface area contributed by atoms with Gasteiger partial charge < -0.3 is 10.1 Å². The molecule has 1 N–H and O–H groups in total. The van der Waals surface area contributed by atoms with Gasteiger partial charge in [-0.2, -0.15) is 4.31 Å². The molecule has 3 rings (SSSR count). The molecular weight excluding hydrogens is 330 g/mol. The molecule has 0 bridgehead atoms. The van der Waals surface area contributed by atoms with Crippen molar-refractivity contribution in [3.63, 3.8) is 0 Å². The number of methoxy groups -OCH3 is 1. The highest BCUT2D eigenvalue weighted by molar-refractivity contribution is 7.88. The summed E-state index contributed by atoms with van der Waals surface area (Å²) in [5.74, 6) is 0.383. The van der Waals surface area contributed by atoms with E-state index in [0.29, 0.717) is 30.8 Å². The Morgan fingerprint density at radius 1 is 1.38 bits per heavy atom. The van der Waals surface area contributed by atoms with Crippen LogP contribution in [0.25, 0.3) is 10.9 Å². The number of amides is 1. The van der Waals surface area contributed by atoms with Gasteiger partial charge in [-0.05, 0) is 31.0 Å². The van der Waals surface area contributed by atoms with Gasteiger partial charge in [-0.25, -0.2) is 8.42 Å². The van der Waals surface area contributed by atoms with E-state index in [9.17, 15) is 13.2 Å². The van der Waals surface area contributed by atoms with Gasteiger partial charge in [-0.15, -0.1) is 0 Å². The predicted molar refractivity (Wildman–Crippen MR) is 91.5 cm³/mol. The first-order valence-electron chi connectivity index (χ1n) is 7.60. The van der Waals surface area contributed by atoms with Crippen molar-refractivity contribution in [1.82, 2.24) is 9.29 Å². The number of benzene rings is 1. The number of pyridine rings is 1. The molecule has 8 heteroatoms. The van der Waals surface area contributed by atoms with Crippen molar-refractivity contribution in [2.45, 2.75) is 18.9 Å². The highest BCUT2D eigenvalue weighted by Gasteiger charge is 2.36. The second-order valence-electron chi connectivity index (χ2n) is 5.80. The van der Waals surface area contributed by atoms with E-state index in [4.69, 9.17) is 4.74 Å². The topological polar surface area (TPSA) is 88.6 Å². The quantitative estimate of drug-likeness (QED) is 0.906. The third-order valence-corrected chi connectivity index (χ3v) is 5.38. The lowest BCUT2D eigenvalue weighted by Gasteiger charge is -2.21. The van der Waals surface area contributed by atoms with Crippen LogP contribution in [0.4, 0.5) is 5.69 Å². The Morgan fingerprint density at radius 3 is 2.88 bits per heavy atom. The van der Waals surface area contributed by atoms with Gasteiger partial charge in [0, 0.05) is 18.0 Å². The minimum atomic E-state index is -3.39. The van der Waals surface area contributed by atoms with E-state index in [0.717, 1.165) is 17.2 Å². The second kappa shape index (κ2) is 6.37. The Morgan fingerprint density at radius 2 is 2.17 bits per heavy atom. The number of fused-ring (bicyclic) bond motifs is 1. The average Bonchev–Trinajstić information content (AvgIpc) is 3.04. The first-order chi connectivity index (χ1) is 11.4. The van der Waals surface area contributed by atoms with Crippen LogP contribution in [0, 0.1) is 0 Å². The van der Waals surface area contributed by atoms with Crippen LogP contribution in [0.15, 0.2) is 30.5 Å². The van der Waals surface area contributed by atoms with Crippen LogP contribution < -0.4 is 10.1 Å². The van der Waals surface area contributed by atoms with Gasteiger partial charge >= 0.3 is 0 Å². The van der Waals surface area contributed by atoms with Gasteiger partial charge in [0.1, 0.15) is 11.8 Å². The SMILES string of the molecule is COc1ccc2cc(NC(=O)C3CCCN3S(C)(=O)=O)cnc2c1. The summed E-state index contributed by atoms with van der Waals surface area (Å²) in [4.78, 5) is 16.8. The van der Waals surface area contributed by atoms with Gasteiger partial charge in [0.05, 0.1) is 30.8 Å². The van der Waals surface area contributed by atoms with Crippen molar-refractivity contribution in [3.8, 4) is 5.75 Å². The molecule has 0 aliphatic carbocycles. The molecule has 1 aromatic heterocycles. The van der Waals surface area contributed by atoms with E-state index >= 15 is 0 Å². The zero-order chi connectivity index (χ0) is 17.3. The van der Waals surface area contributed by atoms with E-state index < -0.39 is 16.1 Å². The van der Waals surface area contributed by atoms with Crippen LogP contribution in [-0.4, -0.2) is 49.6 Å². The van der Waals surface area contributed by atoms with Crippen molar-refractivity contribution < 1.29 is 17.9 Å². The Labute approximate surface area is 140 Å². The van der Waals surface area contributed by atoms with Crippen LogP contribution >= 0.6 is 0 Å². The zero-order valence-electron chi connectivity index (χ0n) is 13.5. The largest absolute Gasteiger partial charge is 0.497 e. The first kappa shape index (κ1) is 16.7. The maximum Gasteiger partial charge on any atom is 0.242 e. The molecule has 0 spiro atoms. The van der Waals surface area contributed by atoms with Crippen LogP contribution in [0.2, 0.25) is 0 Å². The molecule has 7 nitrogen and oxygen atoms in total. The van der Waals surface area contributed by atoms with E-state index in [1.807, 2.05) is 18.2 Å². The molecule has 1 aliphatic heterocycles. The van der Waals surface area contributed by atoms with Crippen molar-refractivity contribution in [2.24, 2.45) is 0 Å². The first-order valence-corrected chi connectivity index (χ1v) is 9.45. The highest BCUT2D eigenvalue weighted by Crippen LogP contribution is 2.24. The number of rotatable bonds is 4. The number of nitrogens with zero attached hydrogens (tertiary/aromatic N) is 2. The molecule has 1 amide bonds. The van der Waals surface area contributed by atoms with Gasteiger partial charge in [-0.1, -0.05) is 0 Å². The van der Waals surface area contributed by atoms with Crippen molar-refractivity contribution >= 4 is 32.5 Å². The van der Waals surface area contributed by atoms with E-state index in [-0.39, 0.29) is 5.91 Å². The predicted octanol–water partition coefficient (Wildman–Crippen LogP) is 1.61. The van der Waals surface area contributed by atoms with E-state index in [2.05, 4.69) is 10.3 Å². The number of carbonyl (C=O) groups excluding carboxylic acids is 1. The summed E-state index contributed by atoms with van der Waals surface area (Å²) in [6.45, 7) is 0.382. The highest BCUT2D eigenvalue weighted by atomic mass is 32.2. The third kappa shape index (κ3) is 3.34. The maximum atomic E-state index is 12.4. The fourth-order valence-corrected chi connectivity index (χ4v) is 4.05. The minimum absolute atomic E-state index is 0.326. The van der Waals surface area contributed by atoms with Crippen LogP contribution in [0.3, 0.4) is 0 Å². The second-order valence-corrected chi connectivity index (χ2v) is 7.74. The number of sulfonamides is 1. The number of ether oxygens (including phenoxy) is 1. The Bertz CT molecular complexity index is 882. The average molecular weight is 349 g/mol. The fourth-order valence-electron chi connectivity index (χ4n) is 2.92. The monoisotopic (exact) mass is 349 g/mol. The number of aromatic nitrogens is 1. The molecule has 1 aliphatic rings. The Kier molecular flexibility index (Phi) is 4.42. The minimum Gasteiger partial charge on any atom is -0.497 e. The summed E-state index contributed by atoms with van der Waals surface area (Å²) in [5.41, 5.74) is 1.30. The summed E-state index contributed by atoms with van der Waals surface area (Å²) >= 11 is 0. The number of hydrogen-bond donors (Lipinski definition) is 1. The third-order valence-electron chi connectivity index (χ3n) is 4.09. The van der Waals surface area contributed by atoms with Crippen molar-refractivity contribution in [1.29, 1.82) is 0 Å². The lowest BCUT2D eigenvalue weighted by atomic mass is 10.2. The number of carbonyl (C=O) groups is 1. The van der Waals surface area contributed by atoms with Gasteiger partial charge in [0.2, 0.25) is 15.9 Å². The Balaban J connectivity index is 1.80. The van der Waals surface area contributed by atoms with Crippen molar-refractivity contribution in [2.75, 3.05) is 25.2 Å². The summed E-state index contributed by atoms with van der Waals surface area (Å²) in [6, 6.07) is 6.63. The van der Waals surface area contributed by atoms with Crippen LogP contribution in [-0.2, 0) is 14.8 Å². The van der Waals surface area contributed by atoms with Gasteiger partial charge in [0.25, 0.3) is 0 Å². The summed E-state index contributed by atoms with van der Waals surface area (Å²) in [7, 11) is -1.80. The van der Waals surface area contributed by atoms with Crippen LogP contribution in [0.1, 0.15) is 12.8 Å². The van der Waals surface area contributed by atoms with Gasteiger partial charge in [-0.3, -0.25) is 9.78 Å². The van der Waals surface area contributed by atoms with Crippen molar-refractivity contribution in [3.05, 3.63) is 30.5 Å². The molecule has 1 unspecified atom stereocenters. The molecule has 1 atom stereocenters. The number of nitrogens with one attached hydrogen (secondary N) is 1. The normalized spacial score (nSPS) is 18.7. The lowest BCUT2D eigenvalue weighted by Crippen LogP contribution is -2.42. The van der Waals surface area contributed by atoms with E-state index in [1.54, 1.807) is 19.4 Å². The summed E-state index contributed by atoms with van der Waals surface area (Å²) in [5, 5.41) is 3.63. The van der Waals surface area contributed by atoms with E-state index in [1.165, 1.54) is 4.31 Å². The molecule has 24 heavy (non-hydrogen) atoms. The Hall–Kier alpha value is -2.19. The number of hydrogen-bond acceptors (Lipinski definition) is 5. The molecule has 2 aromatic rings. The van der Waals surface area contributed by atoms with Crippen LogP contribution in [0.5, 0.6) is 5.75 Å². The molecule has 0 radical (unpaired) electrons. The molecule has 1 aromatic carbocycles. The molecule has 1 fully saturated rings. The molecule has 128 valence electrons. The summed E-state index contributed by atoms with van der Waals surface area (Å²) in [6.07, 6.45) is 3.89. The zero-order valence-corrected chi connectivity index (χ0v) is 14.3.